The van der Waals surface area contributed by atoms with Crippen molar-refractivity contribution < 1.29 is 23.9 Å². The zero-order valence-corrected chi connectivity index (χ0v) is 8.83. The summed E-state index contributed by atoms with van der Waals surface area (Å²) in [4.78, 5) is 33.7. The molecule has 5 heteroatoms. The van der Waals surface area contributed by atoms with Gasteiger partial charge in [-0.15, -0.1) is 0 Å². The number of esters is 2. The summed E-state index contributed by atoms with van der Waals surface area (Å²) in [5, 5.41) is 0. The van der Waals surface area contributed by atoms with Crippen molar-refractivity contribution in [3.63, 3.8) is 0 Å². The molecule has 0 N–H and O–H groups in total. The maximum atomic E-state index is 11.4. The number of cyclic esters (lactones) is 1. The quantitative estimate of drug-likeness (QED) is 0.389. The minimum Gasteiger partial charge on any atom is -0.462 e. The summed E-state index contributed by atoms with van der Waals surface area (Å²) in [5.74, 6) is -2.83. The molecule has 1 aliphatic rings. The molecule has 0 saturated carbocycles. The molecule has 0 aromatic rings. The molecular formula is C10H12O5. The Labute approximate surface area is 87.0 Å². The van der Waals surface area contributed by atoms with Crippen LogP contribution in [0.25, 0.3) is 0 Å². The Hall–Kier alpha value is -1.65. The fourth-order valence-electron chi connectivity index (χ4n) is 1.21. The van der Waals surface area contributed by atoms with E-state index in [1.54, 1.807) is 20.8 Å². The summed E-state index contributed by atoms with van der Waals surface area (Å²) in [7, 11) is 0. The number of ether oxygens (including phenoxy) is 2. The minimum atomic E-state index is -1.01. The van der Waals surface area contributed by atoms with E-state index < -0.39 is 17.7 Å². The molecule has 0 bridgehead atoms. The Morgan fingerprint density at radius 1 is 1.40 bits per heavy atom. The van der Waals surface area contributed by atoms with Crippen LogP contribution in [0.15, 0.2) is 11.3 Å². The van der Waals surface area contributed by atoms with Gasteiger partial charge in [0.15, 0.2) is 5.57 Å². The fourth-order valence-corrected chi connectivity index (χ4v) is 1.21. The Morgan fingerprint density at radius 3 is 2.47 bits per heavy atom. The van der Waals surface area contributed by atoms with Crippen molar-refractivity contribution in [3.8, 4) is 0 Å². The zero-order chi connectivity index (χ0) is 11.6. The largest absolute Gasteiger partial charge is 0.462 e. The van der Waals surface area contributed by atoms with Crippen LogP contribution in [-0.2, 0) is 23.9 Å². The summed E-state index contributed by atoms with van der Waals surface area (Å²) < 4.78 is 9.38. The average Bonchev–Trinajstić information content (AvgIpc) is 2.44. The molecule has 0 aromatic heterocycles. The molecule has 82 valence electrons. The van der Waals surface area contributed by atoms with E-state index in [1.165, 1.54) is 0 Å². The predicted octanol–water partition coefficient (Wildman–Crippen LogP) is 0.585. The molecule has 0 amide bonds. The maximum Gasteiger partial charge on any atom is 0.385 e. The van der Waals surface area contributed by atoms with Gasteiger partial charge in [-0.05, 0) is 6.92 Å². The van der Waals surface area contributed by atoms with Gasteiger partial charge in [-0.25, -0.2) is 9.59 Å². The molecule has 5 nitrogen and oxygen atoms in total. The monoisotopic (exact) mass is 212 g/mol. The van der Waals surface area contributed by atoms with Crippen LogP contribution in [-0.4, -0.2) is 24.3 Å². The van der Waals surface area contributed by atoms with Gasteiger partial charge < -0.3 is 9.47 Å². The van der Waals surface area contributed by atoms with Crippen LogP contribution in [0.3, 0.4) is 0 Å². The number of carbonyl (C=O) groups excluding carboxylic acids is 3. The molecule has 0 spiro atoms. The van der Waals surface area contributed by atoms with Crippen LogP contribution in [0.2, 0.25) is 0 Å². The van der Waals surface area contributed by atoms with Crippen molar-refractivity contribution in [2.45, 2.75) is 20.8 Å². The Kier molecular flexibility index (Phi) is 3.24. The second kappa shape index (κ2) is 4.25. The number of ketones is 1. The van der Waals surface area contributed by atoms with Gasteiger partial charge >= 0.3 is 11.9 Å². The standard InChI is InChI=1S/C10H12O5/c1-4-14-9(12)6-7(11)10(13)15-8(6)5(2)3/h5H,4H2,1-3H3. The lowest BCUT2D eigenvalue weighted by Crippen LogP contribution is -2.18. The first-order chi connectivity index (χ1) is 6.99. The molecule has 1 heterocycles. The van der Waals surface area contributed by atoms with Crippen molar-refractivity contribution in [1.29, 1.82) is 0 Å². The third kappa shape index (κ3) is 2.06. The van der Waals surface area contributed by atoms with Gasteiger partial charge in [-0.3, -0.25) is 4.79 Å². The topological polar surface area (TPSA) is 69.7 Å². The van der Waals surface area contributed by atoms with Crippen molar-refractivity contribution in [1.82, 2.24) is 0 Å². The molecule has 0 aromatic carbocycles. The zero-order valence-electron chi connectivity index (χ0n) is 8.83. The van der Waals surface area contributed by atoms with Crippen LogP contribution < -0.4 is 0 Å². The summed E-state index contributed by atoms with van der Waals surface area (Å²) in [6, 6.07) is 0. The van der Waals surface area contributed by atoms with Crippen LogP contribution in [0.1, 0.15) is 20.8 Å². The second-order valence-electron chi connectivity index (χ2n) is 3.33. The summed E-state index contributed by atoms with van der Waals surface area (Å²) in [5.41, 5.74) is -0.267. The smallest absolute Gasteiger partial charge is 0.385 e. The SMILES string of the molecule is CCOC(=O)C1=C(C(C)C)OC(=O)C1=O. The van der Waals surface area contributed by atoms with E-state index in [4.69, 9.17) is 4.74 Å². The van der Waals surface area contributed by atoms with Gasteiger partial charge in [0.2, 0.25) is 0 Å². The van der Waals surface area contributed by atoms with Gasteiger partial charge in [0.1, 0.15) is 5.76 Å². The Bertz CT molecular complexity index is 351. The van der Waals surface area contributed by atoms with E-state index in [1.807, 2.05) is 0 Å². The lowest BCUT2D eigenvalue weighted by Gasteiger charge is -2.06. The first-order valence-corrected chi connectivity index (χ1v) is 4.66. The van der Waals surface area contributed by atoms with E-state index >= 15 is 0 Å². The van der Waals surface area contributed by atoms with Crippen molar-refractivity contribution in [2.75, 3.05) is 6.61 Å². The number of hydrogen-bond donors (Lipinski definition) is 0. The molecule has 0 unspecified atom stereocenters. The molecule has 0 fully saturated rings. The third-order valence-corrected chi connectivity index (χ3v) is 1.87. The molecule has 0 atom stereocenters. The highest BCUT2D eigenvalue weighted by Gasteiger charge is 2.40. The van der Waals surface area contributed by atoms with E-state index in [0.717, 1.165) is 0 Å². The number of allylic oxidation sites excluding steroid dienone is 1. The van der Waals surface area contributed by atoms with Gasteiger partial charge in [0.25, 0.3) is 5.78 Å². The van der Waals surface area contributed by atoms with Crippen molar-refractivity contribution in [3.05, 3.63) is 11.3 Å². The molecule has 1 aliphatic heterocycles. The normalized spacial score (nSPS) is 16.0. The first kappa shape index (κ1) is 11.4. The summed E-state index contributed by atoms with van der Waals surface area (Å²) in [6.45, 7) is 5.21. The van der Waals surface area contributed by atoms with E-state index in [0.29, 0.717) is 0 Å². The predicted molar refractivity (Wildman–Crippen MR) is 49.6 cm³/mol. The molecule has 0 radical (unpaired) electrons. The third-order valence-electron chi connectivity index (χ3n) is 1.87. The van der Waals surface area contributed by atoms with E-state index in [9.17, 15) is 14.4 Å². The molecule has 0 saturated heterocycles. The van der Waals surface area contributed by atoms with Crippen LogP contribution in [0.5, 0.6) is 0 Å². The number of Topliss-reactive ketones (excluding diaryl/α,β-unsaturated/α-hetero) is 1. The molecule has 1 rings (SSSR count). The second-order valence-corrected chi connectivity index (χ2v) is 3.33. The Morgan fingerprint density at radius 2 is 2.00 bits per heavy atom. The summed E-state index contributed by atoms with van der Waals surface area (Å²) in [6.07, 6.45) is 0. The highest BCUT2D eigenvalue weighted by atomic mass is 16.6. The van der Waals surface area contributed by atoms with Crippen molar-refractivity contribution in [2.24, 2.45) is 5.92 Å². The Balaban J connectivity index is 3.07. The highest BCUT2D eigenvalue weighted by molar-refractivity contribution is 6.48. The fraction of sp³-hybridized carbons (Fsp3) is 0.500. The van der Waals surface area contributed by atoms with Gasteiger partial charge in [-0.2, -0.15) is 0 Å². The van der Waals surface area contributed by atoms with Gasteiger partial charge in [-0.1, -0.05) is 13.8 Å². The van der Waals surface area contributed by atoms with E-state index in [2.05, 4.69) is 4.74 Å². The number of hydrogen-bond acceptors (Lipinski definition) is 5. The minimum absolute atomic E-state index is 0.100. The lowest BCUT2D eigenvalue weighted by atomic mass is 10.1. The maximum absolute atomic E-state index is 11.4. The van der Waals surface area contributed by atoms with E-state index in [-0.39, 0.29) is 23.9 Å². The first-order valence-electron chi connectivity index (χ1n) is 4.66. The highest BCUT2D eigenvalue weighted by Crippen LogP contribution is 2.25. The van der Waals surface area contributed by atoms with Crippen molar-refractivity contribution >= 4 is 17.7 Å². The van der Waals surface area contributed by atoms with Gasteiger partial charge in [0.05, 0.1) is 6.61 Å². The summed E-state index contributed by atoms with van der Waals surface area (Å²) >= 11 is 0. The molecule has 0 aliphatic carbocycles. The van der Waals surface area contributed by atoms with Gasteiger partial charge in [0, 0.05) is 5.92 Å². The van der Waals surface area contributed by atoms with Crippen LogP contribution in [0, 0.1) is 5.92 Å². The molecule has 15 heavy (non-hydrogen) atoms. The van der Waals surface area contributed by atoms with Crippen LogP contribution >= 0.6 is 0 Å². The molecular weight excluding hydrogens is 200 g/mol. The average molecular weight is 212 g/mol. The number of carbonyl (C=O) groups is 3. The number of rotatable bonds is 3. The van der Waals surface area contributed by atoms with Crippen LogP contribution in [0.4, 0.5) is 0 Å². The lowest BCUT2D eigenvalue weighted by molar-refractivity contribution is -0.148.